The Kier molecular flexibility index (Phi) is 5.59. The first-order valence-electron chi connectivity index (χ1n) is 8.12. The lowest BCUT2D eigenvalue weighted by atomic mass is 9.86. The van der Waals surface area contributed by atoms with Crippen LogP contribution in [0.3, 0.4) is 0 Å². The number of hydrogen-bond donors (Lipinski definition) is 1. The quantitative estimate of drug-likeness (QED) is 0.834. The number of methoxy groups -OCH3 is 1. The van der Waals surface area contributed by atoms with Gasteiger partial charge in [-0.3, -0.25) is 9.59 Å². The van der Waals surface area contributed by atoms with Gasteiger partial charge in [-0.15, -0.1) is 0 Å². The number of benzene rings is 1. The molecule has 0 saturated heterocycles. The van der Waals surface area contributed by atoms with Crippen LogP contribution < -0.4 is 4.74 Å². The fourth-order valence-electron chi connectivity index (χ4n) is 2.94. The van der Waals surface area contributed by atoms with E-state index in [-0.39, 0.29) is 12.2 Å². The summed E-state index contributed by atoms with van der Waals surface area (Å²) >= 11 is 0. The highest BCUT2D eigenvalue weighted by atomic mass is 16.5. The van der Waals surface area contributed by atoms with Gasteiger partial charge >= 0.3 is 5.97 Å². The minimum absolute atomic E-state index is 0.0570. The van der Waals surface area contributed by atoms with Crippen LogP contribution in [0.15, 0.2) is 17.7 Å². The van der Waals surface area contributed by atoms with Gasteiger partial charge in [-0.25, -0.2) is 0 Å². The maximum absolute atomic E-state index is 12.3. The maximum Gasteiger partial charge on any atom is 0.306 e. The molecule has 0 amide bonds. The van der Waals surface area contributed by atoms with Gasteiger partial charge in [0.1, 0.15) is 5.75 Å². The van der Waals surface area contributed by atoms with Crippen LogP contribution in [0.5, 0.6) is 5.75 Å². The lowest BCUT2D eigenvalue weighted by molar-refractivity contribution is -0.142. The lowest BCUT2D eigenvalue weighted by Crippen LogP contribution is -2.17. The van der Waals surface area contributed by atoms with Crippen molar-refractivity contribution in [3.05, 3.63) is 34.4 Å². The van der Waals surface area contributed by atoms with Crippen LogP contribution in [0.1, 0.15) is 49.8 Å². The molecule has 0 aliphatic heterocycles. The third kappa shape index (κ3) is 4.01. The average Bonchev–Trinajstić information content (AvgIpc) is 2.53. The summed E-state index contributed by atoms with van der Waals surface area (Å²) in [6, 6.07) is 4.17. The summed E-state index contributed by atoms with van der Waals surface area (Å²) in [7, 11) is 1.68. The number of hydrogen-bond acceptors (Lipinski definition) is 3. The van der Waals surface area contributed by atoms with Crippen molar-refractivity contribution < 1.29 is 19.4 Å². The Labute approximate surface area is 137 Å². The predicted molar refractivity (Wildman–Crippen MR) is 89.7 cm³/mol. The number of carboxylic acid groups (broad SMARTS) is 1. The van der Waals surface area contributed by atoms with Crippen molar-refractivity contribution in [3.8, 4) is 5.75 Å². The fourth-order valence-corrected chi connectivity index (χ4v) is 2.94. The number of carboxylic acids is 1. The van der Waals surface area contributed by atoms with Crippen molar-refractivity contribution in [2.75, 3.05) is 7.11 Å². The Bertz CT molecular complexity index is 643. The second kappa shape index (κ2) is 7.44. The van der Waals surface area contributed by atoms with E-state index in [1.165, 1.54) is 5.56 Å². The molecule has 0 heterocycles. The monoisotopic (exact) mass is 316 g/mol. The minimum atomic E-state index is -0.926. The van der Waals surface area contributed by atoms with E-state index in [1.54, 1.807) is 14.0 Å². The number of Topliss-reactive ketones (excluding diaryl/α,β-unsaturated/α-hetero) is 1. The zero-order valence-corrected chi connectivity index (χ0v) is 14.0. The largest absolute Gasteiger partial charge is 0.496 e. The van der Waals surface area contributed by atoms with Crippen LogP contribution in [0, 0.1) is 5.92 Å². The fraction of sp³-hybridized carbons (Fsp3) is 0.474. The van der Waals surface area contributed by atoms with Crippen LogP contribution in [-0.4, -0.2) is 24.0 Å². The first-order valence-corrected chi connectivity index (χ1v) is 8.12. The number of aryl methyl sites for hydroxylation is 2. The highest BCUT2D eigenvalue weighted by molar-refractivity contribution is 6.01. The van der Waals surface area contributed by atoms with Gasteiger partial charge in [0.15, 0.2) is 5.78 Å². The molecular weight excluding hydrogens is 292 g/mol. The second-order valence-corrected chi connectivity index (χ2v) is 6.15. The van der Waals surface area contributed by atoms with Crippen molar-refractivity contribution in [2.45, 2.75) is 46.0 Å². The van der Waals surface area contributed by atoms with Gasteiger partial charge in [-0.05, 0) is 59.7 Å². The Balaban J connectivity index is 2.27. The zero-order valence-electron chi connectivity index (χ0n) is 14.0. The van der Waals surface area contributed by atoms with Crippen molar-refractivity contribution in [1.82, 2.24) is 0 Å². The van der Waals surface area contributed by atoms with Gasteiger partial charge in [0.2, 0.25) is 0 Å². The van der Waals surface area contributed by atoms with Crippen LogP contribution >= 0.6 is 0 Å². The van der Waals surface area contributed by atoms with E-state index in [1.807, 2.05) is 6.08 Å². The summed E-state index contributed by atoms with van der Waals surface area (Å²) in [5, 5.41) is 8.95. The van der Waals surface area contributed by atoms with E-state index >= 15 is 0 Å². The topological polar surface area (TPSA) is 63.6 Å². The Morgan fingerprint density at radius 1 is 1.30 bits per heavy atom. The molecule has 4 heteroatoms. The van der Waals surface area contributed by atoms with E-state index in [2.05, 4.69) is 19.1 Å². The Morgan fingerprint density at radius 3 is 2.65 bits per heavy atom. The van der Waals surface area contributed by atoms with E-state index in [0.717, 1.165) is 41.7 Å². The molecule has 1 aliphatic rings. The Hall–Kier alpha value is -2.10. The SMILES string of the molecule is CCCc1cc2c(cc1OC)CCC(C(=O)C[C@H](C)C(=O)O)=C2. The van der Waals surface area contributed by atoms with E-state index < -0.39 is 11.9 Å². The highest BCUT2D eigenvalue weighted by Gasteiger charge is 2.22. The summed E-state index contributed by atoms with van der Waals surface area (Å²) in [4.78, 5) is 23.2. The smallest absolute Gasteiger partial charge is 0.306 e. The van der Waals surface area contributed by atoms with Crippen molar-refractivity contribution in [1.29, 1.82) is 0 Å². The van der Waals surface area contributed by atoms with E-state index in [4.69, 9.17) is 9.84 Å². The number of ketones is 1. The summed E-state index contributed by atoms with van der Waals surface area (Å²) in [5.74, 6) is -0.715. The number of ether oxygens (including phenoxy) is 1. The molecule has 0 bridgehead atoms. The molecule has 1 aromatic rings. The summed E-state index contributed by atoms with van der Waals surface area (Å²) in [6.07, 6.45) is 5.40. The van der Waals surface area contributed by atoms with Crippen molar-refractivity contribution in [2.24, 2.45) is 5.92 Å². The minimum Gasteiger partial charge on any atom is -0.496 e. The maximum atomic E-state index is 12.3. The van der Waals surface area contributed by atoms with Gasteiger partial charge in [-0.2, -0.15) is 0 Å². The van der Waals surface area contributed by atoms with Gasteiger partial charge < -0.3 is 9.84 Å². The summed E-state index contributed by atoms with van der Waals surface area (Å²) in [5.41, 5.74) is 4.13. The number of rotatable bonds is 7. The zero-order chi connectivity index (χ0) is 17.0. The number of fused-ring (bicyclic) bond motifs is 1. The third-order valence-electron chi connectivity index (χ3n) is 4.33. The molecule has 0 aromatic heterocycles. The summed E-state index contributed by atoms with van der Waals surface area (Å²) < 4.78 is 5.46. The van der Waals surface area contributed by atoms with Gasteiger partial charge in [0, 0.05) is 6.42 Å². The number of aliphatic carboxylic acids is 1. The second-order valence-electron chi connectivity index (χ2n) is 6.15. The van der Waals surface area contributed by atoms with Crippen molar-refractivity contribution >= 4 is 17.8 Å². The van der Waals surface area contributed by atoms with Crippen molar-refractivity contribution in [3.63, 3.8) is 0 Å². The van der Waals surface area contributed by atoms with Gasteiger partial charge in [0.25, 0.3) is 0 Å². The van der Waals surface area contributed by atoms with Gasteiger partial charge in [0.05, 0.1) is 13.0 Å². The lowest BCUT2D eigenvalue weighted by Gasteiger charge is -2.19. The molecule has 1 N–H and O–H groups in total. The molecule has 23 heavy (non-hydrogen) atoms. The normalized spacial score (nSPS) is 14.7. The van der Waals surface area contributed by atoms with Crippen LogP contribution in [0.4, 0.5) is 0 Å². The number of carbonyl (C=O) groups is 2. The van der Waals surface area contributed by atoms with Crippen LogP contribution in [0.2, 0.25) is 0 Å². The first-order chi connectivity index (χ1) is 11.0. The molecule has 0 fully saturated rings. The predicted octanol–water partition coefficient (Wildman–Crippen LogP) is 3.66. The molecule has 124 valence electrons. The molecule has 1 atom stereocenters. The summed E-state index contributed by atoms with van der Waals surface area (Å²) in [6.45, 7) is 3.69. The molecule has 0 saturated carbocycles. The Morgan fingerprint density at radius 2 is 2.04 bits per heavy atom. The van der Waals surface area contributed by atoms with Crippen LogP contribution in [0.25, 0.3) is 6.08 Å². The van der Waals surface area contributed by atoms with E-state index in [9.17, 15) is 9.59 Å². The highest BCUT2D eigenvalue weighted by Crippen LogP contribution is 2.32. The number of allylic oxidation sites excluding steroid dienone is 1. The molecule has 0 radical (unpaired) electrons. The molecule has 0 unspecified atom stereocenters. The molecule has 2 rings (SSSR count). The molecule has 0 spiro atoms. The molecular formula is C19H24O4. The molecule has 1 aromatic carbocycles. The van der Waals surface area contributed by atoms with Crippen LogP contribution in [-0.2, 0) is 22.4 Å². The average molecular weight is 316 g/mol. The molecule has 1 aliphatic carbocycles. The molecule has 4 nitrogen and oxygen atoms in total. The van der Waals surface area contributed by atoms with E-state index in [0.29, 0.717) is 6.42 Å². The number of carbonyl (C=O) groups excluding carboxylic acids is 1. The first kappa shape index (κ1) is 17.3. The third-order valence-corrected chi connectivity index (χ3v) is 4.33. The standard InChI is InChI=1S/C19H24O4/c1-4-5-15-10-16-9-14(17(20)8-12(2)19(21)22)7-6-13(16)11-18(15)23-3/h9-12H,4-8H2,1-3H3,(H,21,22)/t12-/m0/s1. The van der Waals surface area contributed by atoms with Gasteiger partial charge in [-0.1, -0.05) is 20.3 Å².